The number of amides is 1. The average molecular weight is 297 g/mol. The van der Waals surface area contributed by atoms with Crippen LogP contribution in [0.1, 0.15) is 40.5 Å². The molecule has 0 unspecified atom stereocenters. The van der Waals surface area contributed by atoms with E-state index in [1.807, 2.05) is 7.05 Å². The maximum atomic E-state index is 12.6. The first-order valence-electron chi connectivity index (χ1n) is 8.57. The first-order chi connectivity index (χ1) is 9.92. The lowest BCUT2D eigenvalue weighted by Gasteiger charge is -2.34. The molecule has 0 saturated carbocycles. The number of piperidine rings is 1. The Morgan fingerprint density at radius 2 is 1.67 bits per heavy atom. The molecule has 0 spiro atoms. The van der Waals surface area contributed by atoms with Gasteiger partial charge in [0.15, 0.2) is 0 Å². The Bertz CT molecular complexity index is 286. The molecule has 1 aliphatic rings. The second-order valence-corrected chi connectivity index (χ2v) is 7.36. The van der Waals surface area contributed by atoms with Crippen molar-refractivity contribution >= 4 is 5.91 Å². The summed E-state index contributed by atoms with van der Waals surface area (Å²) in [4.78, 5) is 17.0. The van der Waals surface area contributed by atoms with Crippen LogP contribution < -0.4 is 5.32 Å². The fourth-order valence-corrected chi connectivity index (χ4v) is 3.09. The zero-order valence-electron chi connectivity index (χ0n) is 14.7. The summed E-state index contributed by atoms with van der Waals surface area (Å²) >= 11 is 0. The summed E-state index contributed by atoms with van der Waals surface area (Å²) in [5, 5.41) is 3.26. The van der Waals surface area contributed by atoms with Gasteiger partial charge in [0.1, 0.15) is 0 Å². The molecule has 1 heterocycles. The van der Waals surface area contributed by atoms with Crippen molar-refractivity contribution in [2.24, 2.45) is 17.8 Å². The summed E-state index contributed by atoms with van der Waals surface area (Å²) in [7, 11) is 2.02. The summed E-state index contributed by atoms with van der Waals surface area (Å²) in [6, 6.07) is 0. The zero-order valence-corrected chi connectivity index (χ0v) is 14.7. The van der Waals surface area contributed by atoms with E-state index in [0.717, 1.165) is 38.6 Å². The molecule has 0 aromatic heterocycles. The minimum absolute atomic E-state index is 0.310. The molecule has 0 aliphatic carbocycles. The monoisotopic (exact) mass is 297 g/mol. The molecule has 4 heteroatoms. The Balaban J connectivity index is 2.42. The highest BCUT2D eigenvalue weighted by molar-refractivity contribution is 5.78. The Hall–Kier alpha value is -0.610. The number of hydrogen-bond donors (Lipinski definition) is 1. The molecule has 1 fully saturated rings. The molecule has 0 aromatic rings. The Kier molecular flexibility index (Phi) is 8.27. The van der Waals surface area contributed by atoms with Crippen LogP contribution in [0.3, 0.4) is 0 Å². The van der Waals surface area contributed by atoms with Gasteiger partial charge >= 0.3 is 0 Å². The number of nitrogens with zero attached hydrogens (tertiary/aromatic N) is 2. The third-order valence-electron chi connectivity index (χ3n) is 4.08. The van der Waals surface area contributed by atoms with Crippen LogP contribution in [0.15, 0.2) is 0 Å². The second-order valence-electron chi connectivity index (χ2n) is 7.36. The van der Waals surface area contributed by atoms with Gasteiger partial charge in [-0.05, 0) is 57.3 Å². The number of rotatable bonds is 8. The fraction of sp³-hybridized carbons (Fsp3) is 0.941. The molecule has 0 bridgehead atoms. The van der Waals surface area contributed by atoms with E-state index in [4.69, 9.17) is 0 Å². The molecule has 0 radical (unpaired) electrons. The van der Waals surface area contributed by atoms with Crippen LogP contribution in [0.25, 0.3) is 0 Å². The first kappa shape index (κ1) is 18.4. The SMILES string of the molecule is CNCC1CCN(CC(=O)N(CC(C)C)CC(C)C)CC1. The molecular weight excluding hydrogens is 262 g/mol. The van der Waals surface area contributed by atoms with Gasteiger partial charge in [-0.25, -0.2) is 0 Å². The van der Waals surface area contributed by atoms with Crippen LogP contribution >= 0.6 is 0 Å². The number of nitrogens with one attached hydrogen (secondary N) is 1. The third-order valence-corrected chi connectivity index (χ3v) is 4.08. The van der Waals surface area contributed by atoms with Crippen LogP contribution in [0.2, 0.25) is 0 Å². The summed E-state index contributed by atoms with van der Waals surface area (Å²) < 4.78 is 0. The summed E-state index contributed by atoms with van der Waals surface area (Å²) in [5.41, 5.74) is 0. The van der Waals surface area contributed by atoms with E-state index in [1.165, 1.54) is 12.8 Å². The number of carbonyl (C=O) groups excluding carboxylic acids is 1. The molecule has 0 aromatic carbocycles. The van der Waals surface area contributed by atoms with Crippen molar-refractivity contribution in [3.8, 4) is 0 Å². The standard InChI is InChI=1S/C17H35N3O/c1-14(2)11-20(12-15(3)4)17(21)13-19-8-6-16(7-9-19)10-18-5/h14-16,18H,6-13H2,1-5H3. The van der Waals surface area contributed by atoms with Gasteiger partial charge in [0.25, 0.3) is 0 Å². The van der Waals surface area contributed by atoms with Gasteiger partial charge in [-0.15, -0.1) is 0 Å². The molecule has 1 N–H and O–H groups in total. The number of carbonyl (C=O) groups is 1. The molecule has 1 amide bonds. The topological polar surface area (TPSA) is 35.6 Å². The molecule has 1 saturated heterocycles. The quantitative estimate of drug-likeness (QED) is 0.745. The lowest BCUT2D eigenvalue weighted by Crippen LogP contribution is -2.46. The number of hydrogen-bond acceptors (Lipinski definition) is 3. The summed E-state index contributed by atoms with van der Waals surface area (Å²) in [6.07, 6.45) is 2.42. The predicted octanol–water partition coefficient (Wildman–Crippen LogP) is 2.06. The minimum atomic E-state index is 0.310. The Morgan fingerprint density at radius 3 is 2.10 bits per heavy atom. The van der Waals surface area contributed by atoms with Gasteiger partial charge in [0.05, 0.1) is 6.54 Å². The van der Waals surface area contributed by atoms with Gasteiger partial charge in [0, 0.05) is 13.1 Å². The van der Waals surface area contributed by atoms with Gasteiger partial charge in [0.2, 0.25) is 5.91 Å². The van der Waals surface area contributed by atoms with Crippen LogP contribution in [0.4, 0.5) is 0 Å². The van der Waals surface area contributed by atoms with Gasteiger partial charge in [-0.2, -0.15) is 0 Å². The fourth-order valence-electron chi connectivity index (χ4n) is 3.09. The van der Waals surface area contributed by atoms with Crippen molar-refractivity contribution in [3.63, 3.8) is 0 Å². The van der Waals surface area contributed by atoms with E-state index in [9.17, 15) is 4.79 Å². The second kappa shape index (κ2) is 9.42. The smallest absolute Gasteiger partial charge is 0.236 e. The predicted molar refractivity (Wildman–Crippen MR) is 89.3 cm³/mol. The average Bonchev–Trinajstić information content (AvgIpc) is 2.39. The van der Waals surface area contributed by atoms with Crippen molar-refractivity contribution in [2.75, 3.05) is 46.3 Å². The van der Waals surface area contributed by atoms with Crippen molar-refractivity contribution in [3.05, 3.63) is 0 Å². The van der Waals surface area contributed by atoms with E-state index in [1.54, 1.807) is 0 Å². The van der Waals surface area contributed by atoms with Crippen molar-refractivity contribution in [2.45, 2.75) is 40.5 Å². The molecule has 4 nitrogen and oxygen atoms in total. The molecule has 21 heavy (non-hydrogen) atoms. The minimum Gasteiger partial charge on any atom is -0.341 e. The number of likely N-dealkylation sites (tertiary alicyclic amines) is 1. The molecular formula is C17H35N3O. The van der Waals surface area contributed by atoms with E-state index >= 15 is 0 Å². The highest BCUT2D eigenvalue weighted by Crippen LogP contribution is 2.16. The van der Waals surface area contributed by atoms with E-state index in [2.05, 4.69) is 42.8 Å². The van der Waals surface area contributed by atoms with E-state index in [-0.39, 0.29) is 0 Å². The van der Waals surface area contributed by atoms with Crippen LogP contribution in [-0.2, 0) is 4.79 Å². The summed E-state index contributed by atoms with van der Waals surface area (Å²) in [6.45, 7) is 14.3. The molecule has 1 aliphatic heterocycles. The van der Waals surface area contributed by atoms with Gasteiger partial charge < -0.3 is 10.2 Å². The normalized spacial score (nSPS) is 17.7. The highest BCUT2D eigenvalue weighted by Gasteiger charge is 2.23. The first-order valence-corrected chi connectivity index (χ1v) is 8.57. The molecule has 1 rings (SSSR count). The maximum Gasteiger partial charge on any atom is 0.236 e. The highest BCUT2D eigenvalue weighted by atomic mass is 16.2. The van der Waals surface area contributed by atoms with Crippen LogP contribution in [0.5, 0.6) is 0 Å². The Labute approximate surface area is 131 Å². The van der Waals surface area contributed by atoms with Crippen molar-refractivity contribution < 1.29 is 4.79 Å². The van der Waals surface area contributed by atoms with Gasteiger partial charge in [-0.1, -0.05) is 27.7 Å². The lowest BCUT2D eigenvalue weighted by atomic mass is 9.97. The van der Waals surface area contributed by atoms with Gasteiger partial charge in [-0.3, -0.25) is 9.69 Å². The molecule has 124 valence electrons. The van der Waals surface area contributed by atoms with Crippen LogP contribution in [-0.4, -0.2) is 62.0 Å². The third kappa shape index (κ3) is 7.28. The van der Waals surface area contributed by atoms with Crippen LogP contribution in [0, 0.1) is 17.8 Å². The Morgan fingerprint density at radius 1 is 1.14 bits per heavy atom. The van der Waals surface area contributed by atoms with Crippen molar-refractivity contribution in [1.29, 1.82) is 0 Å². The lowest BCUT2D eigenvalue weighted by molar-refractivity contribution is -0.133. The van der Waals surface area contributed by atoms with E-state index in [0.29, 0.717) is 24.3 Å². The largest absolute Gasteiger partial charge is 0.341 e. The van der Waals surface area contributed by atoms with Crippen molar-refractivity contribution in [1.82, 2.24) is 15.1 Å². The maximum absolute atomic E-state index is 12.6. The zero-order chi connectivity index (χ0) is 15.8. The molecule has 0 atom stereocenters. The van der Waals surface area contributed by atoms with E-state index < -0.39 is 0 Å². The summed E-state index contributed by atoms with van der Waals surface area (Å²) in [5.74, 6) is 2.16.